The number of piperidine rings is 1. The highest BCUT2D eigenvalue weighted by atomic mass is 35.5. The van der Waals surface area contributed by atoms with Gasteiger partial charge in [-0.25, -0.2) is 13.1 Å². The normalized spacial score (nSPS) is 31.8. The molecule has 0 radical (unpaired) electrons. The van der Waals surface area contributed by atoms with Crippen LogP contribution in [0.4, 0.5) is 5.69 Å². The number of rotatable bonds is 8. The molecular weight excluding hydrogens is 744 g/mol. The van der Waals surface area contributed by atoms with Crippen molar-refractivity contribution in [3.8, 4) is 5.75 Å². The Bertz CT molecular complexity index is 1840. The molecule has 0 aromatic heterocycles. The SMILES string of the molecule is CCCN(CCC)C1CCN(C[C@]2(OC)/C=C/C[C@H](C)[C@@H](C)S(=O)(=O)NC(=O)c3ccc4c(c3)N(C[C@@H]3CC[C@H]32)C[C@@]2(CCCc3cc(Cl)ccc32)CO4)CC1. The third-order valence-electron chi connectivity index (χ3n) is 14.2. The number of ether oxygens (including phenoxy) is 2. The number of allylic oxidation sites excluding steroid dienone is 1. The third kappa shape index (κ3) is 8.43. The number of likely N-dealkylation sites (tertiary alicyclic amines) is 1. The van der Waals surface area contributed by atoms with E-state index in [0.29, 0.717) is 30.6 Å². The van der Waals surface area contributed by atoms with E-state index in [-0.39, 0.29) is 17.3 Å². The van der Waals surface area contributed by atoms with Crippen LogP contribution in [-0.2, 0) is 26.6 Å². The van der Waals surface area contributed by atoms with Crippen LogP contribution in [0.2, 0.25) is 5.02 Å². The minimum Gasteiger partial charge on any atom is -0.490 e. The molecular formula is C45H65ClN4O5S. The van der Waals surface area contributed by atoms with Crippen molar-refractivity contribution in [1.82, 2.24) is 14.5 Å². The Morgan fingerprint density at radius 2 is 1.80 bits per heavy atom. The molecule has 9 nitrogen and oxygen atoms in total. The Hall–Kier alpha value is -2.63. The van der Waals surface area contributed by atoms with E-state index in [1.165, 1.54) is 24.0 Å². The number of sulfonamides is 1. The van der Waals surface area contributed by atoms with Crippen molar-refractivity contribution in [2.75, 3.05) is 64.4 Å². The number of benzene rings is 2. The fraction of sp³-hybridized carbons (Fsp3) is 0.667. The molecule has 11 heteroatoms. The summed E-state index contributed by atoms with van der Waals surface area (Å²) in [4.78, 5) is 21.5. The number of hydrogen-bond acceptors (Lipinski definition) is 8. The van der Waals surface area contributed by atoms with Crippen LogP contribution in [0.5, 0.6) is 5.75 Å². The molecule has 1 N–H and O–H groups in total. The highest BCUT2D eigenvalue weighted by molar-refractivity contribution is 7.90. The number of aryl methyl sites for hydroxylation is 1. The van der Waals surface area contributed by atoms with Gasteiger partial charge in [-0.2, -0.15) is 0 Å². The summed E-state index contributed by atoms with van der Waals surface area (Å²) in [6, 6.07) is 12.3. The highest BCUT2D eigenvalue weighted by Crippen LogP contribution is 2.49. The summed E-state index contributed by atoms with van der Waals surface area (Å²) in [5, 5.41) is -0.0197. The molecule has 308 valence electrons. The molecule has 1 saturated heterocycles. The first-order valence-electron chi connectivity index (χ1n) is 21.5. The van der Waals surface area contributed by atoms with Crippen LogP contribution in [0.15, 0.2) is 48.6 Å². The smallest absolute Gasteiger partial charge is 0.264 e. The van der Waals surface area contributed by atoms with Gasteiger partial charge >= 0.3 is 0 Å². The summed E-state index contributed by atoms with van der Waals surface area (Å²) in [5.41, 5.74) is 2.95. The standard InChI is InChI=1S/C45H65ClN4O5S/c1-6-22-49(23-7-2)38-18-24-48(25-19-38)30-45(54-5)21-8-10-32(3)33(4)56(52,53)47-43(51)35-13-17-42-41(27-35)50(28-36-12-15-40(36)45)29-44(31-55-42)20-9-11-34-26-37(46)14-16-39(34)44/h8,13-14,16-17,21,26-27,32-33,36,38,40H,6-7,9-12,15,18-20,22-25,28-31H2,1-5H3,(H,47,51)/b21-8+/t32-,33+,36-,40+,44-,45+/m0/s1. The number of anilines is 1. The first-order valence-corrected chi connectivity index (χ1v) is 23.4. The monoisotopic (exact) mass is 808 g/mol. The molecule has 3 heterocycles. The van der Waals surface area contributed by atoms with Crippen molar-refractivity contribution in [3.63, 3.8) is 0 Å². The lowest BCUT2D eigenvalue weighted by atomic mass is 9.63. The van der Waals surface area contributed by atoms with E-state index in [1.807, 2.05) is 32.2 Å². The van der Waals surface area contributed by atoms with Crippen LogP contribution in [-0.4, -0.2) is 101 Å². The largest absolute Gasteiger partial charge is 0.490 e. The van der Waals surface area contributed by atoms with Crippen LogP contribution in [0, 0.1) is 17.8 Å². The Balaban J connectivity index is 1.25. The molecule has 2 aromatic carbocycles. The lowest BCUT2D eigenvalue weighted by molar-refractivity contribution is -0.0952. The van der Waals surface area contributed by atoms with E-state index in [2.05, 4.69) is 57.6 Å². The Morgan fingerprint density at radius 3 is 2.50 bits per heavy atom. The third-order valence-corrected chi connectivity index (χ3v) is 16.3. The molecule has 2 aliphatic carbocycles. The van der Waals surface area contributed by atoms with Crippen LogP contribution >= 0.6 is 11.6 Å². The van der Waals surface area contributed by atoms with Crippen LogP contribution in [0.3, 0.4) is 0 Å². The second kappa shape index (κ2) is 17.3. The molecule has 7 rings (SSSR count). The van der Waals surface area contributed by atoms with Gasteiger partial charge in [0.1, 0.15) is 11.4 Å². The van der Waals surface area contributed by atoms with Crippen LogP contribution < -0.4 is 14.4 Å². The van der Waals surface area contributed by atoms with E-state index in [9.17, 15) is 13.2 Å². The summed E-state index contributed by atoms with van der Waals surface area (Å²) in [6.45, 7) is 15.5. The van der Waals surface area contributed by atoms with Gasteiger partial charge in [0.15, 0.2) is 0 Å². The molecule has 56 heavy (non-hydrogen) atoms. The van der Waals surface area contributed by atoms with Crippen LogP contribution in [0.1, 0.15) is 107 Å². The summed E-state index contributed by atoms with van der Waals surface area (Å²) in [6.07, 6.45) is 14.9. The number of halogens is 1. The summed E-state index contributed by atoms with van der Waals surface area (Å²) >= 11 is 6.53. The fourth-order valence-corrected chi connectivity index (χ4v) is 12.1. The number of methoxy groups -OCH3 is 1. The number of nitrogens with one attached hydrogen (secondary N) is 1. The number of carbonyl (C=O) groups is 1. The van der Waals surface area contributed by atoms with Gasteiger partial charge in [0.05, 0.1) is 17.5 Å². The minimum absolute atomic E-state index is 0.213. The molecule has 2 fully saturated rings. The van der Waals surface area contributed by atoms with Gasteiger partial charge in [0.25, 0.3) is 5.91 Å². The van der Waals surface area contributed by atoms with Gasteiger partial charge in [0, 0.05) is 48.8 Å². The molecule has 1 amide bonds. The average molecular weight is 810 g/mol. The molecule has 2 aromatic rings. The molecule has 1 saturated carbocycles. The topological polar surface area (TPSA) is 91.4 Å². The van der Waals surface area contributed by atoms with E-state index in [0.717, 1.165) is 107 Å². The van der Waals surface area contributed by atoms with Crippen molar-refractivity contribution in [2.45, 2.75) is 114 Å². The van der Waals surface area contributed by atoms with Crippen molar-refractivity contribution < 1.29 is 22.7 Å². The molecule has 0 unspecified atom stereocenters. The van der Waals surface area contributed by atoms with E-state index in [4.69, 9.17) is 21.1 Å². The summed E-state index contributed by atoms with van der Waals surface area (Å²) in [5.74, 6) is 0.523. The number of hydrogen-bond donors (Lipinski definition) is 1. The molecule has 3 aliphatic heterocycles. The minimum atomic E-state index is -3.96. The van der Waals surface area contributed by atoms with E-state index < -0.39 is 26.8 Å². The van der Waals surface area contributed by atoms with E-state index in [1.54, 1.807) is 13.0 Å². The van der Waals surface area contributed by atoms with Gasteiger partial charge in [-0.15, -0.1) is 0 Å². The molecule has 6 atom stereocenters. The maximum Gasteiger partial charge on any atom is 0.264 e. The fourth-order valence-electron chi connectivity index (χ4n) is 10.7. The van der Waals surface area contributed by atoms with Gasteiger partial charge < -0.3 is 24.2 Å². The number of fused-ring (bicyclic) bond motifs is 4. The average Bonchev–Trinajstić information content (AvgIpc) is 3.32. The highest BCUT2D eigenvalue weighted by Gasteiger charge is 2.50. The maximum absolute atomic E-state index is 13.7. The first kappa shape index (κ1) is 41.5. The lowest BCUT2D eigenvalue weighted by Crippen LogP contribution is -2.58. The van der Waals surface area contributed by atoms with Gasteiger partial charge in [-0.3, -0.25) is 4.79 Å². The predicted octanol–water partition coefficient (Wildman–Crippen LogP) is 7.86. The van der Waals surface area contributed by atoms with Crippen LogP contribution in [0.25, 0.3) is 0 Å². The number of nitrogens with zero attached hydrogens (tertiary/aromatic N) is 3. The Morgan fingerprint density at radius 1 is 1.04 bits per heavy atom. The van der Waals surface area contributed by atoms with Gasteiger partial charge in [-0.1, -0.05) is 50.6 Å². The maximum atomic E-state index is 13.7. The molecule has 5 aliphatic rings. The van der Waals surface area contributed by atoms with Crippen molar-refractivity contribution in [1.29, 1.82) is 0 Å². The second-order valence-corrected chi connectivity index (χ2v) is 20.2. The zero-order valence-corrected chi connectivity index (χ0v) is 36.0. The summed E-state index contributed by atoms with van der Waals surface area (Å²) < 4.78 is 43.3. The Kier molecular flexibility index (Phi) is 12.8. The van der Waals surface area contributed by atoms with Crippen molar-refractivity contribution in [3.05, 3.63) is 70.3 Å². The van der Waals surface area contributed by atoms with E-state index >= 15 is 0 Å². The number of amides is 1. The van der Waals surface area contributed by atoms with Crippen molar-refractivity contribution >= 4 is 33.2 Å². The zero-order valence-electron chi connectivity index (χ0n) is 34.4. The molecule has 2 bridgehead atoms. The summed E-state index contributed by atoms with van der Waals surface area (Å²) in [7, 11) is -2.08. The Labute approximate surface area is 341 Å². The zero-order chi connectivity index (χ0) is 39.7. The quantitative estimate of drug-likeness (QED) is 0.270. The lowest BCUT2D eigenvalue weighted by Gasteiger charge is -2.52. The number of carbonyl (C=O) groups excluding carboxylic acids is 1. The predicted molar refractivity (Wildman–Crippen MR) is 227 cm³/mol. The molecule has 1 spiro atoms. The van der Waals surface area contributed by atoms with Gasteiger partial charge in [0.2, 0.25) is 10.0 Å². The van der Waals surface area contributed by atoms with Gasteiger partial charge in [-0.05, 0) is 157 Å². The first-order chi connectivity index (χ1) is 26.9. The second-order valence-electron chi connectivity index (χ2n) is 17.7. The van der Waals surface area contributed by atoms with Crippen molar-refractivity contribution in [2.24, 2.45) is 17.8 Å².